The Balaban J connectivity index is 1.87. The van der Waals surface area contributed by atoms with Crippen molar-refractivity contribution in [3.63, 3.8) is 0 Å². The summed E-state index contributed by atoms with van der Waals surface area (Å²) in [6.45, 7) is 12.2. The molecule has 1 aromatic rings. The van der Waals surface area contributed by atoms with Gasteiger partial charge in [0.15, 0.2) is 0 Å². The first-order chi connectivity index (χ1) is 11.5. The number of carbonyl (C=O) groups is 1. The molecular weight excluding hydrogens is 300 g/mol. The van der Waals surface area contributed by atoms with Crippen LogP contribution in [0.5, 0.6) is 5.75 Å². The van der Waals surface area contributed by atoms with E-state index in [4.69, 9.17) is 4.74 Å². The first-order valence-electron chi connectivity index (χ1n) is 9.23. The van der Waals surface area contributed by atoms with Crippen molar-refractivity contribution in [2.45, 2.75) is 53.0 Å². The van der Waals surface area contributed by atoms with Crippen LogP contribution in [0.25, 0.3) is 0 Å². The molecule has 24 heavy (non-hydrogen) atoms. The number of ether oxygens (including phenoxy) is 1. The summed E-state index contributed by atoms with van der Waals surface area (Å²) < 4.78 is 5.97. The molecule has 4 heteroatoms. The number of hydrogen-bond donors (Lipinski definition) is 0. The number of rotatable bonds is 7. The van der Waals surface area contributed by atoms with Gasteiger partial charge in [-0.2, -0.15) is 0 Å². The van der Waals surface area contributed by atoms with Gasteiger partial charge in [-0.1, -0.05) is 24.1 Å². The van der Waals surface area contributed by atoms with E-state index in [0.717, 1.165) is 30.9 Å². The van der Waals surface area contributed by atoms with Gasteiger partial charge in [0.1, 0.15) is 12.4 Å². The molecule has 2 rings (SSSR count). The maximum absolute atomic E-state index is 12.6. The topological polar surface area (TPSA) is 32.8 Å². The van der Waals surface area contributed by atoms with Gasteiger partial charge in [0, 0.05) is 6.54 Å². The Kier molecular flexibility index (Phi) is 7.10. The lowest BCUT2D eigenvalue weighted by molar-refractivity contribution is -0.135. The number of likely N-dealkylation sites (N-methyl/N-ethyl adjacent to an activating group) is 1. The highest BCUT2D eigenvalue weighted by molar-refractivity contribution is 5.78. The Hall–Kier alpha value is -1.55. The van der Waals surface area contributed by atoms with Crippen LogP contribution in [0.1, 0.15) is 44.2 Å². The molecule has 0 N–H and O–H groups in total. The maximum atomic E-state index is 12.6. The Labute approximate surface area is 146 Å². The highest BCUT2D eigenvalue weighted by atomic mass is 16.5. The number of carbonyl (C=O) groups excluding carboxylic acids is 1. The number of nitrogens with zero attached hydrogens (tertiary/aromatic N) is 2. The first kappa shape index (κ1) is 18.8. The average Bonchev–Trinajstić information content (AvgIpc) is 2.55. The van der Waals surface area contributed by atoms with E-state index in [1.807, 2.05) is 17.9 Å². The molecule has 0 aromatic heterocycles. The molecule has 1 heterocycles. The Morgan fingerprint density at radius 2 is 1.96 bits per heavy atom. The van der Waals surface area contributed by atoms with Crippen molar-refractivity contribution < 1.29 is 9.53 Å². The molecule has 4 nitrogen and oxygen atoms in total. The minimum absolute atomic E-state index is 0.0768. The fourth-order valence-corrected chi connectivity index (χ4v) is 3.40. The van der Waals surface area contributed by atoms with E-state index in [-0.39, 0.29) is 11.9 Å². The van der Waals surface area contributed by atoms with Crippen LogP contribution < -0.4 is 4.74 Å². The highest BCUT2D eigenvalue weighted by Gasteiger charge is 2.22. The zero-order valence-corrected chi connectivity index (χ0v) is 15.7. The van der Waals surface area contributed by atoms with E-state index in [1.54, 1.807) is 0 Å². The second-order valence-electron chi connectivity index (χ2n) is 6.95. The lowest BCUT2D eigenvalue weighted by Crippen LogP contribution is -2.47. The number of aryl methyl sites for hydroxylation is 2. The van der Waals surface area contributed by atoms with Crippen molar-refractivity contribution in [2.75, 3.05) is 32.8 Å². The zero-order chi connectivity index (χ0) is 17.5. The number of hydrogen-bond acceptors (Lipinski definition) is 3. The minimum Gasteiger partial charge on any atom is -0.491 e. The smallest absolute Gasteiger partial charge is 0.237 e. The summed E-state index contributed by atoms with van der Waals surface area (Å²) in [5.74, 6) is 1.13. The third-order valence-corrected chi connectivity index (χ3v) is 4.81. The van der Waals surface area contributed by atoms with E-state index >= 15 is 0 Å². The van der Waals surface area contributed by atoms with Gasteiger partial charge in [0.25, 0.3) is 0 Å². The fraction of sp³-hybridized carbons (Fsp3) is 0.650. The number of likely N-dealkylation sites (tertiary alicyclic amines) is 1. The third-order valence-electron chi connectivity index (χ3n) is 4.81. The molecule has 1 aromatic carbocycles. The lowest BCUT2D eigenvalue weighted by atomic mass is 10.1. The number of piperidine rings is 1. The van der Waals surface area contributed by atoms with E-state index < -0.39 is 0 Å². The zero-order valence-electron chi connectivity index (χ0n) is 15.7. The molecule has 1 saturated heterocycles. The van der Waals surface area contributed by atoms with E-state index in [2.05, 4.69) is 37.8 Å². The molecule has 1 aliphatic rings. The lowest BCUT2D eigenvalue weighted by Gasteiger charge is -2.32. The predicted molar refractivity (Wildman–Crippen MR) is 98.6 cm³/mol. The van der Waals surface area contributed by atoms with Crippen LogP contribution in [0.3, 0.4) is 0 Å². The summed E-state index contributed by atoms with van der Waals surface area (Å²) in [6.07, 6.45) is 3.72. The molecule has 1 aliphatic heterocycles. The molecule has 1 atom stereocenters. The van der Waals surface area contributed by atoms with Gasteiger partial charge in [-0.15, -0.1) is 0 Å². The molecule has 0 aliphatic carbocycles. The molecule has 0 radical (unpaired) electrons. The van der Waals surface area contributed by atoms with Crippen molar-refractivity contribution in [1.82, 2.24) is 9.80 Å². The van der Waals surface area contributed by atoms with Crippen LogP contribution in [-0.2, 0) is 4.79 Å². The van der Waals surface area contributed by atoms with Crippen molar-refractivity contribution in [2.24, 2.45) is 0 Å². The predicted octanol–water partition coefficient (Wildman–Crippen LogP) is 3.41. The molecule has 0 saturated carbocycles. The Morgan fingerprint density at radius 3 is 2.58 bits per heavy atom. The summed E-state index contributed by atoms with van der Waals surface area (Å²) in [7, 11) is 0. The molecule has 0 spiro atoms. The summed E-state index contributed by atoms with van der Waals surface area (Å²) in [5, 5.41) is 0. The first-order valence-corrected chi connectivity index (χ1v) is 9.23. The van der Waals surface area contributed by atoms with Gasteiger partial charge in [-0.3, -0.25) is 9.69 Å². The van der Waals surface area contributed by atoms with E-state index in [1.165, 1.54) is 24.8 Å². The normalized spacial score (nSPS) is 16.7. The molecule has 1 fully saturated rings. The highest BCUT2D eigenvalue weighted by Crippen LogP contribution is 2.19. The van der Waals surface area contributed by atoms with Gasteiger partial charge in [0.2, 0.25) is 5.91 Å². The standard InChI is InChI=1S/C20H32N2O2/c1-5-22(20(23)14-21-11-7-6-8-12-21)18(4)15-24-19-10-9-16(2)13-17(19)3/h9-10,13,18H,5-8,11-12,14-15H2,1-4H3. The van der Waals surface area contributed by atoms with Crippen LogP contribution in [0.2, 0.25) is 0 Å². The summed E-state index contributed by atoms with van der Waals surface area (Å²) in [4.78, 5) is 16.9. The molecule has 1 amide bonds. The van der Waals surface area contributed by atoms with Crippen LogP contribution in [0.4, 0.5) is 0 Å². The van der Waals surface area contributed by atoms with E-state index in [0.29, 0.717) is 13.2 Å². The molecule has 0 bridgehead atoms. The second-order valence-corrected chi connectivity index (χ2v) is 6.95. The summed E-state index contributed by atoms with van der Waals surface area (Å²) in [5.41, 5.74) is 2.38. The number of amides is 1. The third kappa shape index (κ3) is 5.23. The van der Waals surface area contributed by atoms with Gasteiger partial charge < -0.3 is 9.64 Å². The van der Waals surface area contributed by atoms with Gasteiger partial charge in [-0.05, 0) is 65.3 Å². The average molecular weight is 332 g/mol. The van der Waals surface area contributed by atoms with Crippen LogP contribution in [-0.4, -0.2) is 54.5 Å². The fourth-order valence-electron chi connectivity index (χ4n) is 3.40. The van der Waals surface area contributed by atoms with Crippen molar-refractivity contribution in [3.05, 3.63) is 29.3 Å². The second kappa shape index (κ2) is 9.07. The quantitative estimate of drug-likeness (QED) is 0.767. The monoisotopic (exact) mass is 332 g/mol. The van der Waals surface area contributed by atoms with Crippen molar-refractivity contribution >= 4 is 5.91 Å². The molecule has 134 valence electrons. The van der Waals surface area contributed by atoms with Crippen LogP contribution in [0, 0.1) is 13.8 Å². The Bertz CT molecular complexity index is 538. The SMILES string of the molecule is CCN(C(=O)CN1CCCCC1)C(C)COc1ccc(C)cc1C. The summed E-state index contributed by atoms with van der Waals surface area (Å²) >= 11 is 0. The number of benzene rings is 1. The molecule has 1 unspecified atom stereocenters. The van der Waals surface area contributed by atoms with Gasteiger partial charge in [-0.25, -0.2) is 0 Å². The largest absolute Gasteiger partial charge is 0.491 e. The van der Waals surface area contributed by atoms with Crippen molar-refractivity contribution in [3.8, 4) is 5.75 Å². The summed E-state index contributed by atoms with van der Waals surface area (Å²) in [6, 6.07) is 6.28. The Morgan fingerprint density at radius 1 is 1.25 bits per heavy atom. The molecular formula is C20H32N2O2. The van der Waals surface area contributed by atoms with Gasteiger partial charge >= 0.3 is 0 Å². The maximum Gasteiger partial charge on any atom is 0.237 e. The van der Waals surface area contributed by atoms with Crippen LogP contribution in [0.15, 0.2) is 18.2 Å². The van der Waals surface area contributed by atoms with Gasteiger partial charge in [0.05, 0.1) is 12.6 Å². The van der Waals surface area contributed by atoms with Crippen LogP contribution >= 0.6 is 0 Å². The minimum atomic E-state index is 0.0768. The van der Waals surface area contributed by atoms with Crippen molar-refractivity contribution in [1.29, 1.82) is 0 Å². The van der Waals surface area contributed by atoms with E-state index in [9.17, 15) is 4.79 Å².